The fraction of sp³-hybridized carbons (Fsp3) is 0.308. The molecular weight excluding hydrogens is 406 g/mol. The van der Waals surface area contributed by atoms with E-state index in [0.29, 0.717) is 60.7 Å². The van der Waals surface area contributed by atoms with Gasteiger partial charge in [0, 0.05) is 31.5 Å². The van der Waals surface area contributed by atoms with Crippen molar-refractivity contribution < 1.29 is 23.8 Å². The molecule has 0 bridgehead atoms. The van der Waals surface area contributed by atoms with Crippen LogP contribution in [0.2, 0.25) is 0 Å². The molecule has 0 aliphatic carbocycles. The zero-order valence-electron chi connectivity index (χ0n) is 18.2. The molecular formula is C26H25NO5. The average molecular weight is 431 g/mol. The Labute approximate surface area is 186 Å². The summed E-state index contributed by atoms with van der Waals surface area (Å²) in [6.45, 7) is 1.05. The summed E-state index contributed by atoms with van der Waals surface area (Å²) in [4.78, 5) is 28.1. The first kappa shape index (κ1) is 20.4. The van der Waals surface area contributed by atoms with E-state index in [0.717, 1.165) is 10.8 Å². The number of methoxy groups -OCH3 is 2. The molecule has 164 valence electrons. The average Bonchev–Trinajstić information content (AvgIpc) is 2.83. The molecule has 1 spiro atoms. The summed E-state index contributed by atoms with van der Waals surface area (Å²) in [5.41, 5.74) is 0.582. The Bertz CT molecular complexity index is 1200. The molecule has 5 rings (SSSR count). The van der Waals surface area contributed by atoms with Crippen LogP contribution in [0.3, 0.4) is 0 Å². The zero-order valence-corrected chi connectivity index (χ0v) is 18.2. The Kier molecular flexibility index (Phi) is 5.00. The number of benzene rings is 3. The second-order valence-electron chi connectivity index (χ2n) is 8.38. The standard InChI is InChI=1S/C26H25NO5/c1-30-22-11-10-20-21(28)16-26(32-23(20)24(22)31-2)12-14-27(15-13-26)25(29)19-9-5-7-17-6-3-4-8-18(17)19/h3-11H,12-16H2,1-2H3. The number of likely N-dealkylation sites (tertiary alicyclic amines) is 1. The predicted octanol–water partition coefficient (Wildman–Crippen LogP) is 4.50. The number of ether oxygens (including phenoxy) is 3. The number of ketones is 1. The highest BCUT2D eigenvalue weighted by Gasteiger charge is 2.45. The molecule has 2 aliphatic rings. The minimum Gasteiger partial charge on any atom is -0.493 e. The number of carbonyl (C=O) groups is 2. The van der Waals surface area contributed by atoms with Crippen LogP contribution in [0.4, 0.5) is 0 Å². The van der Waals surface area contributed by atoms with Crippen molar-refractivity contribution in [2.75, 3.05) is 27.3 Å². The van der Waals surface area contributed by atoms with Crippen LogP contribution in [0.15, 0.2) is 54.6 Å². The smallest absolute Gasteiger partial charge is 0.254 e. The third kappa shape index (κ3) is 3.27. The van der Waals surface area contributed by atoms with Crippen LogP contribution in [0.25, 0.3) is 10.8 Å². The molecule has 0 unspecified atom stereocenters. The van der Waals surface area contributed by atoms with E-state index in [4.69, 9.17) is 14.2 Å². The van der Waals surface area contributed by atoms with Crippen LogP contribution in [0.5, 0.6) is 17.2 Å². The summed E-state index contributed by atoms with van der Waals surface area (Å²) in [7, 11) is 3.10. The van der Waals surface area contributed by atoms with Crippen molar-refractivity contribution in [2.24, 2.45) is 0 Å². The summed E-state index contributed by atoms with van der Waals surface area (Å²) in [6, 6.07) is 17.2. The fourth-order valence-electron chi connectivity index (χ4n) is 4.84. The van der Waals surface area contributed by atoms with E-state index in [2.05, 4.69) is 0 Å². The number of amides is 1. The SMILES string of the molecule is COc1ccc2c(c1OC)OC1(CCN(C(=O)c3cccc4ccccc34)CC1)CC2=O. The second-order valence-corrected chi connectivity index (χ2v) is 8.38. The van der Waals surface area contributed by atoms with Crippen molar-refractivity contribution in [1.29, 1.82) is 0 Å². The van der Waals surface area contributed by atoms with Crippen LogP contribution >= 0.6 is 0 Å². The van der Waals surface area contributed by atoms with Crippen molar-refractivity contribution in [2.45, 2.75) is 24.9 Å². The van der Waals surface area contributed by atoms with Gasteiger partial charge in [-0.05, 0) is 29.0 Å². The Hall–Kier alpha value is -3.54. The lowest BCUT2D eigenvalue weighted by Gasteiger charge is -2.44. The second kappa shape index (κ2) is 7.86. The lowest BCUT2D eigenvalue weighted by molar-refractivity contribution is -0.00741. The zero-order chi connectivity index (χ0) is 22.3. The maximum Gasteiger partial charge on any atom is 0.254 e. The molecule has 0 radical (unpaired) electrons. The summed E-state index contributed by atoms with van der Waals surface area (Å²) < 4.78 is 17.3. The van der Waals surface area contributed by atoms with E-state index < -0.39 is 5.60 Å². The molecule has 1 fully saturated rings. The number of nitrogens with zero attached hydrogens (tertiary/aromatic N) is 1. The van der Waals surface area contributed by atoms with Crippen LogP contribution in [0, 0.1) is 0 Å². The quantitative estimate of drug-likeness (QED) is 0.611. The number of carbonyl (C=O) groups excluding carboxylic acids is 2. The number of hydrogen-bond donors (Lipinski definition) is 0. The first-order valence-corrected chi connectivity index (χ1v) is 10.8. The van der Waals surface area contributed by atoms with Gasteiger partial charge in [-0.15, -0.1) is 0 Å². The van der Waals surface area contributed by atoms with Crippen LogP contribution in [-0.4, -0.2) is 49.5 Å². The molecule has 1 saturated heterocycles. The summed E-state index contributed by atoms with van der Waals surface area (Å²) >= 11 is 0. The number of hydrogen-bond acceptors (Lipinski definition) is 5. The van der Waals surface area contributed by atoms with Gasteiger partial charge in [-0.2, -0.15) is 0 Å². The summed E-state index contributed by atoms with van der Waals surface area (Å²) in [6.07, 6.45) is 1.45. The van der Waals surface area contributed by atoms with Crippen molar-refractivity contribution in [3.8, 4) is 17.2 Å². The molecule has 3 aromatic rings. The van der Waals surface area contributed by atoms with Gasteiger partial charge in [-0.25, -0.2) is 0 Å². The van der Waals surface area contributed by atoms with Crippen LogP contribution in [0.1, 0.15) is 40.0 Å². The highest BCUT2D eigenvalue weighted by atomic mass is 16.5. The van der Waals surface area contributed by atoms with Crippen molar-refractivity contribution in [1.82, 2.24) is 4.90 Å². The van der Waals surface area contributed by atoms with Gasteiger partial charge in [-0.1, -0.05) is 36.4 Å². The minimum atomic E-state index is -0.640. The Morgan fingerprint density at radius 2 is 1.72 bits per heavy atom. The van der Waals surface area contributed by atoms with E-state index in [9.17, 15) is 9.59 Å². The highest BCUT2D eigenvalue weighted by Crippen LogP contribution is 2.47. The molecule has 3 aromatic carbocycles. The monoisotopic (exact) mass is 431 g/mol. The van der Waals surface area contributed by atoms with Crippen molar-refractivity contribution in [3.63, 3.8) is 0 Å². The molecule has 2 heterocycles. The third-order valence-electron chi connectivity index (χ3n) is 6.58. The molecule has 0 N–H and O–H groups in total. The van der Waals surface area contributed by atoms with Gasteiger partial charge in [0.15, 0.2) is 17.3 Å². The van der Waals surface area contributed by atoms with Gasteiger partial charge in [0.05, 0.1) is 26.2 Å². The topological polar surface area (TPSA) is 65.1 Å². The van der Waals surface area contributed by atoms with E-state index in [-0.39, 0.29) is 11.7 Å². The van der Waals surface area contributed by atoms with E-state index >= 15 is 0 Å². The molecule has 6 heteroatoms. The van der Waals surface area contributed by atoms with Gasteiger partial charge in [-0.3, -0.25) is 9.59 Å². The number of Topliss-reactive ketones (excluding diaryl/α,β-unsaturated/α-hetero) is 1. The van der Waals surface area contributed by atoms with E-state index in [1.54, 1.807) is 26.4 Å². The van der Waals surface area contributed by atoms with E-state index in [1.165, 1.54) is 0 Å². The van der Waals surface area contributed by atoms with Gasteiger partial charge in [0.25, 0.3) is 5.91 Å². The molecule has 0 aromatic heterocycles. The predicted molar refractivity (Wildman–Crippen MR) is 121 cm³/mol. The lowest BCUT2D eigenvalue weighted by atomic mass is 9.82. The van der Waals surface area contributed by atoms with Crippen molar-refractivity contribution >= 4 is 22.5 Å². The normalized spacial score (nSPS) is 17.1. The van der Waals surface area contributed by atoms with Gasteiger partial charge < -0.3 is 19.1 Å². The molecule has 1 amide bonds. The van der Waals surface area contributed by atoms with E-state index in [1.807, 2.05) is 47.4 Å². The maximum absolute atomic E-state index is 13.3. The van der Waals surface area contributed by atoms with Gasteiger partial charge in [0.1, 0.15) is 5.60 Å². The highest BCUT2D eigenvalue weighted by molar-refractivity contribution is 6.07. The van der Waals surface area contributed by atoms with Gasteiger partial charge >= 0.3 is 0 Å². The molecule has 6 nitrogen and oxygen atoms in total. The first-order chi connectivity index (χ1) is 15.5. The fourth-order valence-corrected chi connectivity index (χ4v) is 4.84. The number of fused-ring (bicyclic) bond motifs is 2. The largest absolute Gasteiger partial charge is 0.493 e. The van der Waals surface area contributed by atoms with Crippen molar-refractivity contribution in [3.05, 3.63) is 65.7 Å². The number of rotatable bonds is 3. The molecule has 32 heavy (non-hydrogen) atoms. The first-order valence-electron chi connectivity index (χ1n) is 10.8. The lowest BCUT2D eigenvalue weighted by Crippen LogP contribution is -2.52. The minimum absolute atomic E-state index is 0.0124. The number of piperidine rings is 1. The van der Waals surface area contributed by atoms with Gasteiger partial charge in [0.2, 0.25) is 5.75 Å². The summed E-state index contributed by atoms with van der Waals surface area (Å²) in [5, 5.41) is 2.00. The molecule has 2 aliphatic heterocycles. The van der Waals surface area contributed by atoms with Crippen LogP contribution < -0.4 is 14.2 Å². The summed E-state index contributed by atoms with van der Waals surface area (Å²) in [5.74, 6) is 1.45. The third-order valence-corrected chi connectivity index (χ3v) is 6.58. The molecule has 0 saturated carbocycles. The Morgan fingerprint density at radius 3 is 2.47 bits per heavy atom. The Morgan fingerprint density at radius 1 is 0.969 bits per heavy atom. The molecule has 0 atom stereocenters. The maximum atomic E-state index is 13.3. The van der Waals surface area contributed by atoms with Crippen LogP contribution in [-0.2, 0) is 0 Å². The Balaban J connectivity index is 1.39.